The number of aromatic hydroxyl groups is 1. The molecular weight excluding hydrogens is 516 g/mol. The summed E-state index contributed by atoms with van der Waals surface area (Å²) in [5.74, 6) is -0.628. The number of phenols is 1. The van der Waals surface area contributed by atoms with E-state index in [1.54, 1.807) is 6.07 Å². The van der Waals surface area contributed by atoms with Gasteiger partial charge in [-0.3, -0.25) is 4.79 Å². The molecule has 0 aliphatic carbocycles. The summed E-state index contributed by atoms with van der Waals surface area (Å²) in [4.78, 5) is 12.4. The summed E-state index contributed by atoms with van der Waals surface area (Å²) in [6.45, 7) is 13.6. The number of carbonyl (C=O) groups is 1. The number of amides is 1. The Balaban J connectivity index is 1.75. The third kappa shape index (κ3) is 8.51. The standard InChI is InChI=1S/C33H46N2O4Si/c1-23(17-25-13-10-14-26(18-25)29(32(34)38)19-24-11-8-7-9-12-24)35-21-31(39-40(5,6)33(2,3)4)27-15-16-30(37)28(20-27)22-36/h7-16,18,20,23,29,31,35-37H,17,19,21-22H2,1-6H3,(H2,34,38)/t23-,29?,31+/m1/s1. The molecule has 0 spiro atoms. The Kier molecular flexibility index (Phi) is 10.7. The molecule has 0 radical (unpaired) electrons. The number of nitrogens with two attached hydrogens (primary N) is 1. The molecule has 0 heterocycles. The molecule has 3 atom stereocenters. The van der Waals surface area contributed by atoms with Crippen molar-refractivity contribution >= 4 is 14.2 Å². The third-order valence-corrected chi connectivity index (χ3v) is 12.5. The minimum Gasteiger partial charge on any atom is -0.508 e. The number of nitrogens with one attached hydrogen (secondary N) is 1. The fraction of sp³-hybridized carbons (Fsp3) is 0.424. The fourth-order valence-electron chi connectivity index (χ4n) is 4.60. The van der Waals surface area contributed by atoms with Gasteiger partial charge in [0.05, 0.1) is 18.6 Å². The van der Waals surface area contributed by atoms with Gasteiger partial charge in [-0.05, 0) is 72.3 Å². The van der Waals surface area contributed by atoms with Crippen molar-refractivity contribution in [1.29, 1.82) is 0 Å². The molecule has 0 fully saturated rings. The number of aliphatic hydroxyl groups is 1. The van der Waals surface area contributed by atoms with Crippen LogP contribution in [0.3, 0.4) is 0 Å². The van der Waals surface area contributed by atoms with E-state index in [4.69, 9.17) is 10.2 Å². The quantitative estimate of drug-likeness (QED) is 0.192. The second kappa shape index (κ2) is 13.6. The molecule has 5 N–H and O–H groups in total. The van der Waals surface area contributed by atoms with Crippen LogP contribution in [0.4, 0.5) is 0 Å². The summed E-state index contributed by atoms with van der Waals surface area (Å²) in [5.41, 5.74) is 10.4. The summed E-state index contributed by atoms with van der Waals surface area (Å²) in [6.07, 6.45) is 1.11. The van der Waals surface area contributed by atoms with Crippen molar-refractivity contribution in [3.63, 3.8) is 0 Å². The zero-order valence-electron chi connectivity index (χ0n) is 24.8. The Bertz CT molecular complexity index is 1260. The molecule has 6 nitrogen and oxygen atoms in total. The van der Waals surface area contributed by atoms with Crippen LogP contribution in [0.2, 0.25) is 18.1 Å². The highest BCUT2D eigenvalue weighted by molar-refractivity contribution is 6.74. The van der Waals surface area contributed by atoms with Gasteiger partial charge < -0.3 is 25.7 Å². The Hall–Kier alpha value is -2.97. The zero-order chi connectivity index (χ0) is 29.5. The first kappa shape index (κ1) is 31.6. The normalized spacial score (nSPS) is 14.5. The van der Waals surface area contributed by atoms with E-state index in [9.17, 15) is 15.0 Å². The van der Waals surface area contributed by atoms with Gasteiger partial charge in [-0.15, -0.1) is 0 Å². The van der Waals surface area contributed by atoms with Crippen LogP contribution in [-0.4, -0.2) is 37.0 Å². The number of carbonyl (C=O) groups excluding carboxylic acids is 1. The van der Waals surface area contributed by atoms with E-state index in [0.717, 1.165) is 28.7 Å². The molecule has 3 rings (SSSR count). The molecule has 3 aromatic carbocycles. The average Bonchev–Trinajstić information content (AvgIpc) is 2.90. The Labute approximate surface area is 240 Å². The molecule has 40 heavy (non-hydrogen) atoms. The van der Waals surface area contributed by atoms with E-state index in [1.165, 1.54) is 0 Å². The molecule has 0 aromatic heterocycles. The molecule has 0 aliphatic rings. The highest BCUT2D eigenvalue weighted by atomic mass is 28.4. The number of rotatable bonds is 13. The summed E-state index contributed by atoms with van der Waals surface area (Å²) in [5, 5.41) is 23.5. The molecule has 7 heteroatoms. The fourth-order valence-corrected chi connectivity index (χ4v) is 5.88. The van der Waals surface area contributed by atoms with E-state index in [0.29, 0.717) is 18.5 Å². The lowest BCUT2D eigenvalue weighted by molar-refractivity contribution is -0.119. The van der Waals surface area contributed by atoms with Crippen molar-refractivity contribution in [1.82, 2.24) is 5.32 Å². The summed E-state index contributed by atoms with van der Waals surface area (Å²) < 4.78 is 6.82. The maximum atomic E-state index is 12.4. The van der Waals surface area contributed by atoms with E-state index in [1.807, 2.05) is 54.6 Å². The monoisotopic (exact) mass is 562 g/mol. The second-order valence-corrected chi connectivity index (χ2v) is 17.1. The first-order chi connectivity index (χ1) is 18.8. The van der Waals surface area contributed by atoms with Crippen molar-refractivity contribution in [3.8, 4) is 5.75 Å². The van der Waals surface area contributed by atoms with Crippen LogP contribution in [-0.2, 0) is 28.7 Å². The second-order valence-electron chi connectivity index (χ2n) is 12.3. The molecule has 216 valence electrons. The van der Waals surface area contributed by atoms with E-state index < -0.39 is 8.32 Å². The van der Waals surface area contributed by atoms with Gasteiger partial charge in [0.1, 0.15) is 5.75 Å². The minimum atomic E-state index is -2.11. The number of hydrogen-bond donors (Lipinski definition) is 4. The van der Waals surface area contributed by atoms with E-state index in [-0.39, 0.29) is 41.4 Å². The number of aliphatic hydroxyl groups excluding tert-OH is 1. The summed E-state index contributed by atoms with van der Waals surface area (Å²) >= 11 is 0. The maximum absolute atomic E-state index is 12.4. The summed E-state index contributed by atoms with van der Waals surface area (Å²) in [6, 6.07) is 23.6. The van der Waals surface area contributed by atoms with Gasteiger partial charge in [0.25, 0.3) is 0 Å². The lowest BCUT2D eigenvalue weighted by atomic mass is 9.89. The third-order valence-electron chi connectivity index (χ3n) is 8.06. The lowest BCUT2D eigenvalue weighted by Gasteiger charge is -2.40. The molecule has 0 saturated heterocycles. The highest BCUT2D eigenvalue weighted by Gasteiger charge is 2.39. The van der Waals surface area contributed by atoms with Gasteiger partial charge in [0, 0.05) is 18.2 Å². The smallest absolute Gasteiger partial charge is 0.225 e. The van der Waals surface area contributed by atoms with Gasteiger partial charge in [0.2, 0.25) is 5.91 Å². The Morgan fingerprint density at radius 2 is 1.62 bits per heavy atom. The SMILES string of the molecule is C[C@H](Cc1cccc(C(Cc2ccccc2)C(N)=O)c1)NC[C@H](O[Si](C)(C)C(C)(C)C)c1ccc(O)c(CO)c1. The highest BCUT2D eigenvalue weighted by Crippen LogP contribution is 2.40. The molecule has 0 saturated carbocycles. The van der Waals surface area contributed by atoms with Gasteiger partial charge in [0.15, 0.2) is 8.32 Å². The Morgan fingerprint density at radius 1 is 0.950 bits per heavy atom. The maximum Gasteiger partial charge on any atom is 0.225 e. The van der Waals surface area contributed by atoms with Crippen molar-refractivity contribution < 1.29 is 19.4 Å². The van der Waals surface area contributed by atoms with Gasteiger partial charge in [-0.25, -0.2) is 0 Å². The topological polar surface area (TPSA) is 105 Å². The number of hydrogen-bond acceptors (Lipinski definition) is 5. The largest absolute Gasteiger partial charge is 0.508 e. The predicted octanol–water partition coefficient (Wildman–Crippen LogP) is 5.98. The number of primary amides is 1. The van der Waals surface area contributed by atoms with E-state index >= 15 is 0 Å². The van der Waals surface area contributed by atoms with Crippen LogP contribution in [0.15, 0.2) is 72.8 Å². The van der Waals surface area contributed by atoms with Crippen LogP contribution < -0.4 is 11.1 Å². The first-order valence-electron chi connectivity index (χ1n) is 14.1. The minimum absolute atomic E-state index is 0.0325. The van der Waals surface area contributed by atoms with Gasteiger partial charge in [-0.1, -0.05) is 81.4 Å². The van der Waals surface area contributed by atoms with Crippen molar-refractivity contribution in [2.45, 2.75) is 83.3 Å². The molecule has 0 bridgehead atoms. The molecule has 1 amide bonds. The molecular formula is C33H46N2O4Si. The van der Waals surface area contributed by atoms with Crippen LogP contribution in [0.5, 0.6) is 5.75 Å². The van der Waals surface area contributed by atoms with Crippen molar-refractivity contribution in [2.75, 3.05) is 6.54 Å². The van der Waals surface area contributed by atoms with Gasteiger partial charge in [-0.2, -0.15) is 0 Å². The van der Waals surface area contributed by atoms with E-state index in [2.05, 4.69) is 58.2 Å². The van der Waals surface area contributed by atoms with Crippen molar-refractivity contribution in [3.05, 3.63) is 101 Å². The average molecular weight is 563 g/mol. The van der Waals surface area contributed by atoms with Crippen molar-refractivity contribution in [2.24, 2.45) is 5.73 Å². The lowest BCUT2D eigenvalue weighted by Crippen LogP contribution is -2.44. The Morgan fingerprint density at radius 3 is 2.25 bits per heavy atom. The number of benzene rings is 3. The zero-order valence-corrected chi connectivity index (χ0v) is 25.8. The van der Waals surface area contributed by atoms with Gasteiger partial charge >= 0.3 is 0 Å². The molecule has 0 aliphatic heterocycles. The van der Waals surface area contributed by atoms with Crippen LogP contribution in [0, 0.1) is 0 Å². The predicted molar refractivity (Wildman–Crippen MR) is 165 cm³/mol. The van der Waals surface area contributed by atoms with Crippen LogP contribution in [0.1, 0.15) is 67.5 Å². The molecule has 1 unspecified atom stereocenters. The molecule has 3 aromatic rings. The first-order valence-corrected chi connectivity index (χ1v) is 17.0. The van der Waals surface area contributed by atoms with Crippen LogP contribution >= 0.6 is 0 Å². The van der Waals surface area contributed by atoms with Crippen LogP contribution in [0.25, 0.3) is 0 Å². The summed E-state index contributed by atoms with van der Waals surface area (Å²) in [7, 11) is -2.11.